The number of ether oxygens (including phenoxy) is 1. The monoisotopic (exact) mass is 368 g/mol. The maximum absolute atomic E-state index is 10.6. The summed E-state index contributed by atoms with van der Waals surface area (Å²) in [4.78, 5) is 0. The summed E-state index contributed by atoms with van der Waals surface area (Å²) >= 11 is 0. The summed E-state index contributed by atoms with van der Waals surface area (Å²) in [5, 5.41) is 21.0. The van der Waals surface area contributed by atoms with Crippen LogP contribution in [-0.4, -0.2) is 28.5 Å². The number of para-hydroxylation sites is 1. The molecule has 0 amide bonds. The van der Waals surface area contributed by atoms with Crippen LogP contribution in [0, 0.1) is 23.7 Å². The van der Waals surface area contributed by atoms with Crippen molar-refractivity contribution in [1.82, 2.24) is 0 Å². The second kappa shape index (κ2) is 8.95. The van der Waals surface area contributed by atoms with Crippen LogP contribution >= 0.6 is 0 Å². The zero-order valence-electron chi connectivity index (χ0n) is 16.7. The van der Waals surface area contributed by atoms with Crippen LogP contribution in [-0.2, 0) is 6.42 Å². The molecule has 146 valence electrons. The fourth-order valence-corrected chi connectivity index (χ4v) is 4.35. The SMILES string of the molecule is CC#CC[C@@H](C)[C@H](O)C=C[C@@H]1[C@H]2c3cccc(CCCC)c3O[C@H]2C[C@H]1O. The molecule has 6 atom stereocenters. The van der Waals surface area contributed by atoms with Gasteiger partial charge in [0.05, 0.1) is 12.2 Å². The smallest absolute Gasteiger partial charge is 0.126 e. The number of fused-ring (bicyclic) bond motifs is 3. The van der Waals surface area contributed by atoms with Crippen molar-refractivity contribution in [2.24, 2.45) is 11.8 Å². The van der Waals surface area contributed by atoms with Crippen LogP contribution in [0.1, 0.15) is 63.5 Å². The van der Waals surface area contributed by atoms with Gasteiger partial charge in [-0.05, 0) is 31.2 Å². The van der Waals surface area contributed by atoms with Crippen molar-refractivity contribution in [3.8, 4) is 17.6 Å². The molecule has 1 saturated carbocycles. The molecule has 1 aliphatic carbocycles. The summed E-state index contributed by atoms with van der Waals surface area (Å²) in [6.45, 7) is 6.02. The third-order valence-electron chi connectivity index (χ3n) is 6.00. The van der Waals surface area contributed by atoms with Gasteiger partial charge in [0.2, 0.25) is 0 Å². The van der Waals surface area contributed by atoms with E-state index in [1.165, 1.54) is 17.5 Å². The van der Waals surface area contributed by atoms with E-state index in [1.807, 2.05) is 26.0 Å². The van der Waals surface area contributed by atoms with Gasteiger partial charge in [0.1, 0.15) is 11.9 Å². The molecule has 1 aromatic rings. The Bertz CT molecular complexity index is 727. The van der Waals surface area contributed by atoms with E-state index in [-0.39, 0.29) is 23.9 Å². The Hall–Kier alpha value is -1.76. The predicted molar refractivity (Wildman–Crippen MR) is 109 cm³/mol. The van der Waals surface area contributed by atoms with E-state index in [9.17, 15) is 10.2 Å². The third-order valence-corrected chi connectivity index (χ3v) is 6.00. The Labute approximate surface area is 163 Å². The van der Waals surface area contributed by atoms with Crippen molar-refractivity contribution >= 4 is 0 Å². The van der Waals surface area contributed by atoms with Gasteiger partial charge in [-0.3, -0.25) is 0 Å². The minimum atomic E-state index is -0.546. The maximum Gasteiger partial charge on any atom is 0.126 e. The van der Waals surface area contributed by atoms with Gasteiger partial charge in [0, 0.05) is 30.2 Å². The highest BCUT2D eigenvalue weighted by molar-refractivity contribution is 5.49. The first-order chi connectivity index (χ1) is 13.1. The summed E-state index contributed by atoms with van der Waals surface area (Å²) in [7, 11) is 0. The molecule has 1 fully saturated rings. The number of aliphatic hydroxyl groups is 2. The van der Waals surface area contributed by atoms with Crippen molar-refractivity contribution < 1.29 is 14.9 Å². The van der Waals surface area contributed by atoms with E-state index in [0.717, 1.165) is 18.6 Å². The van der Waals surface area contributed by atoms with Crippen LogP contribution in [0.15, 0.2) is 30.4 Å². The molecule has 2 N–H and O–H groups in total. The number of hydrogen-bond acceptors (Lipinski definition) is 3. The Morgan fingerprint density at radius 2 is 2.19 bits per heavy atom. The Kier molecular flexibility index (Phi) is 6.63. The summed E-state index contributed by atoms with van der Waals surface area (Å²) in [6, 6.07) is 6.42. The molecule has 3 rings (SSSR count). The topological polar surface area (TPSA) is 49.7 Å². The molecule has 1 heterocycles. The van der Waals surface area contributed by atoms with Gasteiger partial charge >= 0.3 is 0 Å². The number of benzene rings is 1. The molecule has 3 heteroatoms. The van der Waals surface area contributed by atoms with Gasteiger partial charge in [0.15, 0.2) is 0 Å². The van der Waals surface area contributed by atoms with Gasteiger partial charge < -0.3 is 14.9 Å². The number of hydrogen-bond donors (Lipinski definition) is 2. The standard InChI is InChI=1S/C24H32O3/c1-4-6-9-16(3)20(25)14-13-18-21(26)15-22-23(18)19-12-8-11-17(10-7-5-2)24(19)27-22/h8,11-14,16,18,20-23,25-26H,5,7,9-10,15H2,1-3H3/t16-,18+,20-,21-,22+,23+/m1/s1. The molecule has 27 heavy (non-hydrogen) atoms. The lowest BCUT2D eigenvalue weighted by Gasteiger charge is -2.19. The van der Waals surface area contributed by atoms with Crippen molar-refractivity contribution in [2.45, 2.75) is 77.1 Å². The Morgan fingerprint density at radius 3 is 2.93 bits per heavy atom. The fraction of sp³-hybridized carbons (Fsp3) is 0.583. The highest BCUT2D eigenvalue weighted by atomic mass is 16.5. The quantitative estimate of drug-likeness (QED) is 0.560. The first kappa shape index (κ1) is 20.0. The maximum atomic E-state index is 10.6. The summed E-state index contributed by atoms with van der Waals surface area (Å²) in [5.74, 6) is 7.18. The predicted octanol–water partition coefficient (Wildman–Crippen LogP) is 4.22. The first-order valence-corrected chi connectivity index (χ1v) is 10.3. The van der Waals surface area contributed by atoms with E-state index in [0.29, 0.717) is 12.8 Å². The van der Waals surface area contributed by atoms with Crippen molar-refractivity contribution in [1.29, 1.82) is 0 Å². The van der Waals surface area contributed by atoms with Gasteiger partial charge in [0.25, 0.3) is 0 Å². The highest BCUT2D eigenvalue weighted by Crippen LogP contribution is 2.52. The van der Waals surface area contributed by atoms with Crippen LogP contribution in [0.4, 0.5) is 0 Å². The summed E-state index contributed by atoms with van der Waals surface area (Å²) in [5.41, 5.74) is 2.51. The number of aryl methyl sites for hydroxylation is 1. The molecule has 0 saturated heterocycles. The molecule has 0 unspecified atom stereocenters. The van der Waals surface area contributed by atoms with Crippen molar-refractivity contribution in [3.63, 3.8) is 0 Å². The van der Waals surface area contributed by atoms with Crippen molar-refractivity contribution in [3.05, 3.63) is 41.5 Å². The van der Waals surface area contributed by atoms with E-state index in [2.05, 4.69) is 37.0 Å². The van der Waals surface area contributed by atoms with Crippen LogP contribution < -0.4 is 4.74 Å². The molecule has 3 nitrogen and oxygen atoms in total. The molecule has 0 aromatic heterocycles. The molecule has 2 aliphatic rings. The lowest BCUT2D eigenvalue weighted by Crippen LogP contribution is -2.19. The van der Waals surface area contributed by atoms with E-state index >= 15 is 0 Å². The van der Waals surface area contributed by atoms with Crippen LogP contribution in [0.25, 0.3) is 0 Å². The van der Waals surface area contributed by atoms with E-state index < -0.39 is 12.2 Å². The van der Waals surface area contributed by atoms with Gasteiger partial charge in [-0.2, -0.15) is 0 Å². The molecule has 1 aromatic carbocycles. The lowest BCUT2D eigenvalue weighted by molar-refractivity contribution is 0.134. The second-order valence-electron chi connectivity index (χ2n) is 7.99. The Morgan fingerprint density at radius 1 is 1.37 bits per heavy atom. The zero-order valence-corrected chi connectivity index (χ0v) is 16.7. The molecule has 0 spiro atoms. The van der Waals surface area contributed by atoms with Crippen LogP contribution in [0.2, 0.25) is 0 Å². The normalized spacial score (nSPS) is 28.2. The average molecular weight is 369 g/mol. The van der Waals surface area contributed by atoms with Crippen molar-refractivity contribution in [2.75, 3.05) is 0 Å². The number of unbranched alkanes of at least 4 members (excludes halogenated alkanes) is 1. The molecular formula is C24H32O3. The largest absolute Gasteiger partial charge is 0.489 e. The second-order valence-corrected chi connectivity index (χ2v) is 7.99. The highest BCUT2D eigenvalue weighted by Gasteiger charge is 2.48. The Balaban J connectivity index is 1.77. The van der Waals surface area contributed by atoms with Gasteiger partial charge in [-0.1, -0.05) is 50.6 Å². The fourth-order valence-electron chi connectivity index (χ4n) is 4.35. The first-order valence-electron chi connectivity index (χ1n) is 10.3. The summed E-state index contributed by atoms with van der Waals surface area (Å²) in [6.07, 6.45) is 7.60. The van der Waals surface area contributed by atoms with Crippen LogP contribution in [0.3, 0.4) is 0 Å². The molecule has 0 bridgehead atoms. The lowest BCUT2D eigenvalue weighted by atomic mass is 9.86. The number of rotatable bonds is 7. The zero-order chi connectivity index (χ0) is 19.4. The van der Waals surface area contributed by atoms with Crippen LogP contribution in [0.5, 0.6) is 5.75 Å². The van der Waals surface area contributed by atoms with Gasteiger partial charge in [-0.15, -0.1) is 11.8 Å². The average Bonchev–Trinajstić information content (AvgIpc) is 3.17. The van der Waals surface area contributed by atoms with E-state index in [4.69, 9.17) is 4.74 Å². The van der Waals surface area contributed by atoms with E-state index in [1.54, 1.807) is 0 Å². The minimum Gasteiger partial charge on any atom is -0.489 e. The summed E-state index contributed by atoms with van der Waals surface area (Å²) < 4.78 is 6.29. The molecular weight excluding hydrogens is 336 g/mol. The molecule has 0 radical (unpaired) electrons. The van der Waals surface area contributed by atoms with Gasteiger partial charge in [-0.25, -0.2) is 0 Å². The minimum absolute atomic E-state index is 0.0169. The molecule has 1 aliphatic heterocycles. The third kappa shape index (κ3) is 4.23. The number of aliphatic hydroxyl groups excluding tert-OH is 2.